The molecule has 2 aromatic carbocycles. The lowest BCUT2D eigenvalue weighted by molar-refractivity contribution is -0.872. The fourth-order valence-corrected chi connectivity index (χ4v) is 3.08. The molecule has 2 N–H and O–H groups in total. The summed E-state index contributed by atoms with van der Waals surface area (Å²) in [5, 5.41) is 3.88. The summed E-state index contributed by atoms with van der Waals surface area (Å²) in [5.41, 5.74) is 3.84. The number of para-hydroxylation sites is 1. The van der Waals surface area contributed by atoms with E-state index >= 15 is 0 Å². The van der Waals surface area contributed by atoms with E-state index in [-0.39, 0.29) is 5.91 Å². The van der Waals surface area contributed by atoms with Gasteiger partial charge in [0.2, 0.25) is 0 Å². The van der Waals surface area contributed by atoms with Crippen molar-refractivity contribution >= 4 is 16.9 Å². The smallest absolute Gasteiger partial charge is 0.287 e. The molecule has 5 nitrogen and oxygen atoms in total. The van der Waals surface area contributed by atoms with Crippen LogP contribution in [0.1, 0.15) is 34.2 Å². The highest BCUT2D eigenvalue weighted by Gasteiger charge is 2.20. The molecule has 0 saturated carbocycles. The molecular weight excluding hydrogens is 340 g/mol. The van der Waals surface area contributed by atoms with Crippen molar-refractivity contribution in [2.75, 3.05) is 20.7 Å². The molecule has 3 aromatic rings. The lowest BCUT2D eigenvalue weighted by Crippen LogP contribution is -3.04. The van der Waals surface area contributed by atoms with Crippen LogP contribution >= 0.6 is 0 Å². The van der Waals surface area contributed by atoms with Crippen LogP contribution in [0.25, 0.3) is 11.0 Å². The van der Waals surface area contributed by atoms with Gasteiger partial charge in [-0.2, -0.15) is 0 Å². The van der Waals surface area contributed by atoms with Crippen molar-refractivity contribution < 1.29 is 18.8 Å². The first kappa shape index (κ1) is 19.1. The molecule has 5 heteroatoms. The summed E-state index contributed by atoms with van der Waals surface area (Å²) in [4.78, 5) is 14.1. The van der Waals surface area contributed by atoms with Gasteiger partial charge in [-0.3, -0.25) is 4.79 Å². The molecule has 1 heterocycles. The Labute approximate surface area is 159 Å². The zero-order valence-corrected chi connectivity index (χ0v) is 16.2. The number of amides is 1. The van der Waals surface area contributed by atoms with Crippen molar-refractivity contribution in [2.24, 2.45) is 0 Å². The summed E-state index contributed by atoms with van der Waals surface area (Å²) in [6.07, 6.45) is 0. The zero-order valence-electron chi connectivity index (χ0n) is 16.2. The molecule has 0 aliphatic rings. The van der Waals surface area contributed by atoms with Crippen molar-refractivity contribution in [3.8, 4) is 0 Å². The van der Waals surface area contributed by atoms with Crippen LogP contribution in [-0.4, -0.2) is 26.6 Å². The summed E-state index contributed by atoms with van der Waals surface area (Å²) in [6, 6.07) is 16.0. The number of quaternary nitrogens is 1. The molecule has 0 spiro atoms. The van der Waals surface area contributed by atoms with E-state index in [1.807, 2.05) is 31.2 Å². The standard InChI is InChI=1S/C22H26N2O3/c1-4-26-15-19-18-7-5-6-8-20(18)27-21(19)22(25)23-13-16-9-11-17(12-10-16)14-24(2)3/h5-12H,4,13-15H2,1-3H3,(H,23,25)/p+1. The Morgan fingerprint density at radius 2 is 1.78 bits per heavy atom. The van der Waals surface area contributed by atoms with E-state index < -0.39 is 0 Å². The average molecular weight is 367 g/mol. The zero-order chi connectivity index (χ0) is 19.2. The Bertz CT molecular complexity index is 898. The fourth-order valence-electron chi connectivity index (χ4n) is 3.08. The second-order valence-corrected chi connectivity index (χ2v) is 6.93. The molecule has 142 valence electrons. The Balaban J connectivity index is 1.72. The third-order valence-electron chi connectivity index (χ3n) is 4.39. The van der Waals surface area contributed by atoms with Crippen LogP contribution in [0.15, 0.2) is 52.9 Å². The molecule has 0 fully saturated rings. The molecule has 0 atom stereocenters. The minimum Gasteiger partial charge on any atom is -0.451 e. The predicted octanol–water partition coefficient (Wildman–Crippen LogP) is 2.54. The first-order valence-corrected chi connectivity index (χ1v) is 9.31. The van der Waals surface area contributed by atoms with Crippen molar-refractivity contribution in [2.45, 2.75) is 26.6 Å². The molecule has 0 unspecified atom stereocenters. The number of fused-ring (bicyclic) bond motifs is 1. The van der Waals surface area contributed by atoms with Gasteiger partial charge in [-0.25, -0.2) is 0 Å². The number of carbonyl (C=O) groups excluding carboxylic acids is 1. The van der Waals surface area contributed by atoms with E-state index in [0.29, 0.717) is 31.1 Å². The lowest BCUT2D eigenvalue weighted by atomic mass is 10.1. The number of hydrogen-bond acceptors (Lipinski definition) is 3. The van der Waals surface area contributed by atoms with Crippen LogP contribution in [0, 0.1) is 0 Å². The van der Waals surface area contributed by atoms with Crippen LogP contribution in [-0.2, 0) is 24.4 Å². The molecule has 3 rings (SSSR count). The average Bonchev–Trinajstić information content (AvgIpc) is 3.04. The molecular formula is C22H27N2O3+. The number of benzene rings is 2. The second kappa shape index (κ2) is 8.84. The normalized spacial score (nSPS) is 11.3. The van der Waals surface area contributed by atoms with Gasteiger partial charge in [0, 0.05) is 29.7 Å². The summed E-state index contributed by atoms with van der Waals surface area (Å²) >= 11 is 0. The molecule has 0 saturated heterocycles. The van der Waals surface area contributed by atoms with Gasteiger partial charge in [0.05, 0.1) is 20.7 Å². The molecule has 27 heavy (non-hydrogen) atoms. The molecule has 1 amide bonds. The van der Waals surface area contributed by atoms with Gasteiger partial charge in [0.25, 0.3) is 5.91 Å². The van der Waals surface area contributed by atoms with Crippen LogP contribution in [0.2, 0.25) is 0 Å². The van der Waals surface area contributed by atoms with E-state index in [1.54, 1.807) is 0 Å². The van der Waals surface area contributed by atoms with E-state index in [4.69, 9.17) is 9.15 Å². The summed E-state index contributed by atoms with van der Waals surface area (Å²) < 4.78 is 11.4. The number of nitrogens with one attached hydrogen (secondary N) is 2. The quantitative estimate of drug-likeness (QED) is 0.643. The molecule has 1 aromatic heterocycles. The van der Waals surface area contributed by atoms with Gasteiger partial charge in [0.15, 0.2) is 5.76 Å². The third-order valence-corrected chi connectivity index (χ3v) is 4.39. The maximum atomic E-state index is 12.7. The number of carbonyl (C=O) groups is 1. The van der Waals surface area contributed by atoms with Gasteiger partial charge in [-0.15, -0.1) is 0 Å². The Kier molecular flexibility index (Phi) is 6.27. The second-order valence-electron chi connectivity index (χ2n) is 6.93. The Morgan fingerprint density at radius 3 is 2.48 bits per heavy atom. The molecule has 0 aliphatic heterocycles. The highest BCUT2D eigenvalue weighted by Crippen LogP contribution is 2.26. The number of hydrogen-bond donors (Lipinski definition) is 2. The maximum Gasteiger partial charge on any atom is 0.287 e. The van der Waals surface area contributed by atoms with Crippen LogP contribution in [0.5, 0.6) is 0 Å². The third kappa shape index (κ3) is 4.76. The number of rotatable bonds is 8. The van der Waals surface area contributed by atoms with Crippen LogP contribution in [0.3, 0.4) is 0 Å². The topological polar surface area (TPSA) is 55.9 Å². The van der Waals surface area contributed by atoms with Gasteiger partial charge >= 0.3 is 0 Å². The highest BCUT2D eigenvalue weighted by molar-refractivity contribution is 5.99. The van der Waals surface area contributed by atoms with Crippen LogP contribution < -0.4 is 10.2 Å². The van der Waals surface area contributed by atoms with E-state index in [9.17, 15) is 4.79 Å². The highest BCUT2D eigenvalue weighted by atomic mass is 16.5. The summed E-state index contributed by atoms with van der Waals surface area (Å²) in [7, 11) is 4.25. The summed E-state index contributed by atoms with van der Waals surface area (Å²) in [5.74, 6) is 0.111. The van der Waals surface area contributed by atoms with Crippen molar-refractivity contribution in [3.63, 3.8) is 0 Å². The van der Waals surface area contributed by atoms with Crippen molar-refractivity contribution in [3.05, 3.63) is 71.0 Å². The first-order chi connectivity index (χ1) is 13.1. The fraction of sp³-hybridized carbons (Fsp3) is 0.318. The predicted molar refractivity (Wildman–Crippen MR) is 106 cm³/mol. The molecule has 0 aliphatic carbocycles. The van der Waals surface area contributed by atoms with E-state index in [0.717, 1.165) is 23.1 Å². The number of furan rings is 1. The minimum absolute atomic E-state index is 0.220. The number of ether oxygens (including phenoxy) is 1. The van der Waals surface area contributed by atoms with Gasteiger partial charge < -0.3 is 19.4 Å². The largest absolute Gasteiger partial charge is 0.451 e. The van der Waals surface area contributed by atoms with Gasteiger partial charge in [-0.1, -0.05) is 42.5 Å². The van der Waals surface area contributed by atoms with E-state index in [1.165, 1.54) is 10.5 Å². The first-order valence-electron chi connectivity index (χ1n) is 9.31. The minimum atomic E-state index is -0.220. The molecule has 0 bridgehead atoms. The SMILES string of the molecule is CCOCc1c(C(=O)NCc2ccc(C[NH+](C)C)cc2)oc2ccccc12. The van der Waals surface area contributed by atoms with E-state index in [2.05, 4.69) is 43.7 Å². The lowest BCUT2D eigenvalue weighted by Gasteiger charge is -2.09. The summed E-state index contributed by atoms with van der Waals surface area (Å²) in [6.45, 7) is 4.31. The van der Waals surface area contributed by atoms with Crippen molar-refractivity contribution in [1.29, 1.82) is 0 Å². The maximum absolute atomic E-state index is 12.7. The van der Waals surface area contributed by atoms with Gasteiger partial charge in [0.1, 0.15) is 12.1 Å². The monoisotopic (exact) mass is 367 g/mol. The van der Waals surface area contributed by atoms with Crippen molar-refractivity contribution in [1.82, 2.24) is 5.32 Å². The van der Waals surface area contributed by atoms with Crippen LogP contribution in [0.4, 0.5) is 0 Å². The Morgan fingerprint density at radius 1 is 1.07 bits per heavy atom. The Hall–Kier alpha value is -2.63. The van der Waals surface area contributed by atoms with Gasteiger partial charge in [-0.05, 0) is 18.6 Å². The molecule has 0 radical (unpaired) electrons.